The third-order valence-electron chi connectivity index (χ3n) is 5.94. The summed E-state index contributed by atoms with van der Waals surface area (Å²) in [7, 11) is 0. The van der Waals surface area contributed by atoms with Crippen molar-refractivity contribution in [1.29, 1.82) is 0 Å². The summed E-state index contributed by atoms with van der Waals surface area (Å²) >= 11 is 26.6. The molecule has 0 spiro atoms. The van der Waals surface area contributed by atoms with E-state index in [2.05, 4.69) is 78.4 Å². The number of urea groups is 1. The Morgan fingerprint density at radius 2 is 1.18 bits per heavy atom. The van der Waals surface area contributed by atoms with Crippen LogP contribution in [0.5, 0.6) is 0 Å². The van der Waals surface area contributed by atoms with Gasteiger partial charge in [0, 0.05) is 51.8 Å². The predicted molar refractivity (Wildman–Crippen MR) is 190 cm³/mol. The maximum Gasteiger partial charge on any atom is 0.321 e. The number of aliphatic hydroxyl groups excluding tert-OH is 1. The number of carbonyl (C=O) groups is 1. The molecule has 0 saturated heterocycles. The Hall–Kier alpha value is -4.16. The van der Waals surface area contributed by atoms with Gasteiger partial charge in [0.1, 0.15) is 11.0 Å². The Morgan fingerprint density at radius 3 is 1.71 bits per heavy atom. The molecule has 2 aromatic heterocycles. The van der Waals surface area contributed by atoms with Crippen LogP contribution in [0.4, 0.5) is 33.4 Å². The van der Waals surface area contributed by atoms with E-state index >= 15 is 0 Å². The first-order valence-corrected chi connectivity index (χ1v) is 15.7. The molecule has 1 atom stereocenters. The van der Waals surface area contributed by atoms with Crippen LogP contribution >= 0.6 is 82.6 Å². The highest BCUT2D eigenvalue weighted by Gasteiger charge is 2.27. The molecule has 0 fully saturated rings. The van der Waals surface area contributed by atoms with Gasteiger partial charge in [0.2, 0.25) is 10.6 Å². The molecule has 19 nitrogen and oxygen atoms in total. The summed E-state index contributed by atoms with van der Waals surface area (Å²) in [5.41, 5.74) is 6.75. The SMILES string of the molecule is N.Nc1nc(Cl)nc2c(Br)cc([N+](=O)[O-])cc12.O=C1Nc2c(Br)cc([N+](=O)[O-])cc2C(O)N1.O=[N+]([O-])c1cc(Br)c2nc(Cl)nc(Cl)c2c1. The highest BCUT2D eigenvalue weighted by Crippen LogP contribution is 2.36. The number of nitrogens with zero attached hydrogens (tertiary/aromatic N) is 7. The van der Waals surface area contributed by atoms with E-state index in [0.717, 1.165) is 0 Å². The predicted octanol–water partition coefficient (Wildman–Crippen LogP) is 7.79. The van der Waals surface area contributed by atoms with E-state index in [0.29, 0.717) is 40.9 Å². The van der Waals surface area contributed by atoms with Crippen LogP contribution in [-0.2, 0) is 0 Å². The van der Waals surface area contributed by atoms with E-state index in [1.165, 1.54) is 36.4 Å². The van der Waals surface area contributed by atoms with Crippen molar-refractivity contribution in [1.82, 2.24) is 31.4 Å². The standard InChI is InChI=1S/C8H2BrCl2N3O2.C8H4BrClN4O2.C8H6BrN3O4.H3N/c9-5-2-3(14(15)16)1-4-6(5)12-8(11)13-7(4)10;9-5-2-3(14(15)16)1-4-6(5)12-8(10)13-7(4)11;9-5-2-3(12(15)16)1-4-6(5)10-8(14)11-7(4)13;/h1-2H;1-2H,(H2,11,12,13);1-2,7,13H,(H2,10,11,14);1H3. The first-order chi connectivity index (χ1) is 22.5. The summed E-state index contributed by atoms with van der Waals surface area (Å²) in [5.74, 6) is 0.111. The van der Waals surface area contributed by atoms with Crippen molar-refractivity contribution in [2.75, 3.05) is 11.1 Å². The Balaban J connectivity index is 0.000000197. The van der Waals surface area contributed by atoms with Crippen molar-refractivity contribution in [3.8, 4) is 0 Å². The Morgan fingerprint density at radius 1 is 0.735 bits per heavy atom. The lowest BCUT2D eigenvalue weighted by Gasteiger charge is -2.23. The van der Waals surface area contributed by atoms with Gasteiger partial charge in [-0.2, -0.15) is 0 Å². The zero-order valence-corrected chi connectivity index (χ0v) is 30.6. The molecule has 1 unspecified atom stereocenters. The molecule has 8 N–H and O–H groups in total. The molecule has 5 aromatic rings. The van der Waals surface area contributed by atoms with Crippen molar-refractivity contribution in [2.24, 2.45) is 0 Å². The van der Waals surface area contributed by atoms with Gasteiger partial charge in [-0.1, -0.05) is 11.6 Å². The van der Waals surface area contributed by atoms with Gasteiger partial charge in [0.15, 0.2) is 6.23 Å². The molecule has 3 aromatic carbocycles. The molecule has 2 amide bonds. The molecule has 49 heavy (non-hydrogen) atoms. The van der Waals surface area contributed by atoms with Gasteiger partial charge in [0.05, 0.1) is 45.8 Å². The monoisotopic (exact) mass is 927 g/mol. The Kier molecular flexibility index (Phi) is 12.9. The van der Waals surface area contributed by atoms with Crippen LogP contribution in [0.15, 0.2) is 49.8 Å². The van der Waals surface area contributed by atoms with Gasteiger partial charge in [-0.3, -0.25) is 30.3 Å². The molecule has 1 aliphatic heterocycles. The lowest BCUT2D eigenvalue weighted by atomic mass is 10.1. The molecule has 0 saturated carbocycles. The molecule has 6 rings (SSSR count). The summed E-state index contributed by atoms with van der Waals surface area (Å²) in [5, 5.41) is 46.9. The van der Waals surface area contributed by atoms with E-state index in [1.807, 2.05) is 0 Å². The van der Waals surface area contributed by atoms with Crippen LogP contribution in [0.2, 0.25) is 15.7 Å². The number of nitro benzene ring substituents is 3. The Bertz CT molecular complexity index is 2080. The number of benzene rings is 3. The fourth-order valence-corrected chi connectivity index (χ4v) is 6.16. The maximum atomic E-state index is 11.1. The van der Waals surface area contributed by atoms with Crippen molar-refractivity contribution in [2.45, 2.75) is 6.23 Å². The number of rotatable bonds is 3. The molecule has 256 valence electrons. The number of non-ortho nitro benzene ring substituents is 3. The molecule has 0 bridgehead atoms. The van der Waals surface area contributed by atoms with Gasteiger partial charge in [-0.25, -0.2) is 24.7 Å². The number of anilines is 2. The average molecular weight is 932 g/mol. The van der Waals surface area contributed by atoms with E-state index in [-0.39, 0.29) is 50.3 Å². The number of fused-ring (bicyclic) bond motifs is 3. The smallest absolute Gasteiger partial charge is 0.321 e. The molecule has 0 radical (unpaired) electrons. The van der Waals surface area contributed by atoms with Gasteiger partial charge in [-0.05, 0) is 71.0 Å². The van der Waals surface area contributed by atoms with Gasteiger partial charge >= 0.3 is 6.03 Å². The van der Waals surface area contributed by atoms with Gasteiger partial charge in [0.25, 0.3) is 17.1 Å². The minimum absolute atomic E-state index is 0. The van der Waals surface area contributed by atoms with Crippen molar-refractivity contribution < 1.29 is 24.7 Å². The van der Waals surface area contributed by atoms with Crippen LogP contribution < -0.4 is 22.5 Å². The van der Waals surface area contributed by atoms with E-state index < -0.39 is 27.0 Å². The molecule has 25 heteroatoms. The first kappa shape index (κ1) is 39.3. The van der Waals surface area contributed by atoms with Crippen LogP contribution in [0, 0.1) is 30.3 Å². The summed E-state index contributed by atoms with van der Waals surface area (Å²) in [6.07, 6.45) is -1.25. The summed E-state index contributed by atoms with van der Waals surface area (Å²) in [6, 6.07) is 7.20. The highest BCUT2D eigenvalue weighted by atomic mass is 79.9. The van der Waals surface area contributed by atoms with E-state index in [9.17, 15) is 40.2 Å². The van der Waals surface area contributed by atoms with Crippen molar-refractivity contribution >= 4 is 139 Å². The number of hydrogen-bond acceptors (Lipinski definition) is 14. The molecular weight excluding hydrogens is 916 g/mol. The zero-order chi connectivity index (χ0) is 35.6. The Labute approximate surface area is 312 Å². The third-order valence-corrected chi connectivity index (χ3v) is 8.41. The van der Waals surface area contributed by atoms with Crippen LogP contribution in [0.25, 0.3) is 21.8 Å². The summed E-state index contributed by atoms with van der Waals surface area (Å²) in [6.45, 7) is 0. The molecule has 1 aliphatic rings. The number of halogens is 6. The lowest BCUT2D eigenvalue weighted by Crippen LogP contribution is -2.37. The number of nitrogens with one attached hydrogen (secondary N) is 2. The number of aromatic nitrogens is 4. The number of amides is 2. The second-order valence-corrected chi connectivity index (χ2v) is 12.6. The normalized spacial score (nSPS) is 13.0. The van der Waals surface area contributed by atoms with Gasteiger partial charge < -0.3 is 27.6 Å². The molecular formula is C24H15Br3Cl3N11O8. The zero-order valence-electron chi connectivity index (χ0n) is 23.5. The fourth-order valence-electron chi connectivity index (χ4n) is 3.91. The van der Waals surface area contributed by atoms with E-state index in [1.54, 1.807) is 0 Å². The number of nitrogens with two attached hydrogens (primary N) is 1. The first-order valence-electron chi connectivity index (χ1n) is 12.2. The second kappa shape index (κ2) is 16.0. The molecule has 0 aliphatic carbocycles. The fraction of sp³-hybridized carbons (Fsp3) is 0.0417. The molecule has 3 heterocycles. The minimum Gasteiger partial charge on any atom is -0.383 e. The third kappa shape index (κ3) is 9.10. The maximum absolute atomic E-state index is 11.1. The number of hydrogen-bond donors (Lipinski definition) is 5. The summed E-state index contributed by atoms with van der Waals surface area (Å²) < 4.78 is 1.25. The quantitative estimate of drug-likeness (QED) is 0.0499. The second-order valence-electron chi connectivity index (χ2n) is 8.97. The van der Waals surface area contributed by atoms with Crippen molar-refractivity contribution in [3.63, 3.8) is 0 Å². The number of carbonyl (C=O) groups excluding carboxylic acids is 1. The van der Waals surface area contributed by atoms with Crippen LogP contribution in [-0.4, -0.2) is 45.8 Å². The van der Waals surface area contributed by atoms with Crippen LogP contribution in [0.3, 0.4) is 0 Å². The highest BCUT2D eigenvalue weighted by molar-refractivity contribution is 9.11. The number of aliphatic hydroxyl groups is 1. The summed E-state index contributed by atoms with van der Waals surface area (Å²) in [4.78, 5) is 56.7. The average Bonchev–Trinajstić information content (AvgIpc) is 2.99. The number of nitrogen functional groups attached to an aromatic ring is 1. The van der Waals surface area contributed by atoms with Crippen LogP contribution in [0.1, 0.15) is 11.8 Å². The number of nitro groups is 3. The van der Waals surface area contributed by atoms with Gasteiger partial charge in [-0.15, -0.1) is 0 Å². The van der Waals surface area contributed by atoms with Crippen molar-refractivity contribution in [3.05, 3.63) is 101 Å². The largest absolute Gasteiger partial charge is 0.383 e. The minimum atomic E-state index is -1.25. The topological polar surface area (TPSA) is 303 Å². The lowest BCUT2D eigenvalue weighted by molar-refractivity contribution is -0.385. The van der Waals surface area contributed by atoms with E-state index in [4.69, 9.17) is 40.5 Å².